The summed E-state index contributed by atoms with van der Waals surface area (Å²) in [6.45, 7) is 14.2. The van der Waals surface area contributed by atoms with Gasteiger partial charge in [-0.05, 0) is 30.9 Å². The monoisotopic (exact) mass is 307 g/mol. The van der Waals surface area contributed by atoms with Gasteiger partial charge in [0.1, 0.15) is 11.5 Å². The van der Waals surface area contributed by atoms with Gasteiger partial charge in [-0.1, -0.05) is 47.1 Å². The first-order valence-electron chi connectivity index (χ1n) is 8.62. The Hall–Kier alpha value is -1.22. The Morgan fingerprint density at radius 1 is 1.00 bits per heavy atom. The van der Waals surface area contributed by atoms with E-state index in [-0.39, 0.29) is 0 Å². The quantitative estimate of drug-likeness (QED) is 0.604. The van der Waals surface area contributed by atoms with Crippen LogP contribution in [0.4, 0.5) is 0 Å². The van der Waals surface area contributed by atoms with E-state index in [1.54, 1.807) is 0 Å². The maximum absolute atomic E-state index is 5.98. The van der Waals surface area contributed by atoms with Crippen LogP contribution in [-0.4, -0.2) is 19.8 Å². The number of benzene rings is 1. The van der Waals surface area contributed by atoms with Crippen LogP contribution in [0, 0.1) is 11.8 Å². The molecule has 0 spiro atoms. The van der Waals surface area contributed by atoms with Gasteiger partial charge in [-0.25, -0.2) is 0 Å². The Labute approximate surface area is 136 Å². The van der Waals surface area contributed by atoms with E-state index in [0.717, 1.165) is 37.8 Å². The van der Waals surface area contributed by atoms with Crippen LogP contribution in [0.25, 0.3) is 0 Å². The van der Waals surface area contributed by atoms with E-state index in [1.165, 1.54) is 18.4 Å². The van der Waals surface area contributed by atoms with Crippen LogP contribution in [0.2, 0.25) is 0 Å². The summed E-state index contributed by atoms with van der Waals surface area (Å²) in [6, 6.07) is 6.19. The van der Waals surface area contributed by atoms with E-state index >= 15 is 0 Å². The minimum atomic E-state index is 0.515. The van der Waals surface area contributed by atoms with Gasteiger partial charge < -0.3 is 14.8 Å². The van der Waals surface area contributed by atoms with Crippen molar-refractivity contribution < 1.29 is 9.47 Å². The maximum atomic E-state index is 5.98. The normalized spacial score (nSPS) is 11.2. The molecule has 0 saturated heterocycles. The number of unbranched alkanes of at least 4 members (excludes halogenated alkanes) is 1. The molecule has 0 radical (unpaired) electrons. The Kier molecular flexibility index (Phi) is 8.98. The zero-order valence-electron chi connectivity index (χ0n) is 14.9. The average Bonchev–Trinajstić information content (AvgIpc) is 2.48. The number of nitrogens with one attached hydrogen (secondary N) is 1. The molecule has 0 unspecified atom stereocenters. The molecule has 0 atom stereocenters. The van der Waals surface area contributed by atoms with E-state index in [9.17, 15) is 0 Å². The molecule has 0 bridgehead atoms. The van der Waals surface area contributed by atoms with Crippen LogP contribution in [-0.2, 0) is 6.54 Å². The zero-order chi connectivity index (χ0) is 16.4. The Balaban J connectivity index is 2.70. The third kappa shape index (κ3) is 7.69. The highest BCUT2D eigenvalue weighted by molar-refractivity contribution is 5.40. The molecule has 1 rings (SSSR count). The average molecular weight is 307 g/mol. The first-order chi connectivity index (χ1) is 10.5. The highest BCUT2D eigenvalue weighted by Crippen LogP contribution is 2.26. The SMILES string of the molecule is CCCCNCc1ccc(OCC(C)C)cc1OCC(C)C. The van der Waals surface area contributed by atoms with E-state index in [2.05, 4.69) is 46.0 Å². The van der Waals surface area contributed by atoms with E-state index in [0.29, 0.717) is 11.8 Å². The molecule has 1 aromatic carbocycles. The molecule has 0 aromatic heterocycles. The number of ether oxygens (including phenoxy) is 2. The van der Waals surface area contributed by atoms with Crippen molar-refractivity contribution >= 4 is 0 Å². The predicted molar refractivity (Wildman–Crippen MR) is 93.7 cm³/mol. The number of hydrogen-bond acceptors (Lipinski definition) is 3. The second-order valence-corrected chi connectivity index (χ2v) is 6.71. The Morgan fingerprint density at radius 3 is 2.32 bits per heavy atom. The third-order valence-electron chi connectivity index (χ3n) is 3.22. The van der Waals surface area contributed by atoms with E-state index < -0.39 is 0 Å². The van der Waals surface area contributed by atoms with Crippen LogP contribution >= 0.6 is 0 Å². The van der Waals surface area contributed by atoms with Gasteiger partial charge in [-0.2, -0.15) is 0 Å². The van der Waals surface area contributed by atoms with Crippen LogP contribution in [0.3, 0.4) is 0 Å². The molecule has 0 fully saturated rings. The summed E-state index contributed by atoms with van der Waals surface area (Å²) < 4.78 is 11.8. The summed E-state index contributed by atoms with van der Waals surface area (Å²) in [5, 5.41) is 3.48. The van der Waals surface area contributed by atoms with Crippen LogP contribution in [0.15, 0.2) is 18.2 Å². The lowest BCUT2D eigenvalue weighted by Gasteiger charge is -2.16. The topological polar surface area (TPSA) is 30.5 Å². The molecule has 0 amide bonds. The second-order valence-electron chi connectivity index (χ2n) is 6.71. The van der Waals surface area contributed by atoms with Crippen LogP contribution in [0.1, 0.15) is 53.0 Å². The molecule has 3 nitrogen and oxygen atoms in total. The lowest BCUT2D eigenvalue weighted by Crippen LogP contribution is -2.16. The highest BCUT2D eigenvalue weighted by Gasteiger charge is 2.08. The van der Waals surface area contributed by atoms with Crippen molar-refractivity contribution in [2.24, 2.45) is 11.8 Å². The van der Waals surface area contributed by atoms with Gasteiger partial charge >= 0.3 is 0 Å². The van der Waals surface area contributed by atoms with Crippen molar-refractivity contribution in [2.75, 3.05) is 19.8 Å². The summed E-state index contributed by atoms with van der Waals surface area (Å²) in [5.41, 5.74) is 1.20. The van der Waals surface area contributed by atoms with Crippen LogP contribution in [0.5, 0.6) is 11.5 Å². The summed E-state index contributed by atoms with van der Waals surface area (Å²) in [7, 11) is 0. The zero-order valence-corrected chi connectivity index (χ0v) is 14.9. The second kappa shape index (κ2) is 10.5. The molecule has 0 aliphatic heterocycles. The summed E-state index contributed by atoms with van der Waals surface area (Å²) in [4.78, 5) is 0. The van der Waals surface area contributed by atoms with Crippen LogP contribution < -0.4 is 14.8 Å². The molecule has 126 valence electrons. The van der Waals surface area contributed by atoms with Gasteiger partial charge in [0.05, 0.1) is 13.2 Å². The van der Waals surface area contributed by atoms with Crippen molar-refractivity contribution in [3.8, 4) is 11.5 Å². The molecule has 0 aliphatic carbocycles. The molecule has 0 saturated carbocycles. The molecule has 1 N–H and O–H groups in total. The summed E-state index contributed by atoms with van der Waals surface area (Å²) in [6.07, 6.45) is 2.42. The fourth-order valence-electron chi connectivity index (χ4n) is 1.95. The fraction of sp³-hybridized carbons (Fsp3) is 0.684. The number of rotatable bonds is 11. The summed E-state index contributed by atoms with van der Waals surface area (Å²) in [5.74, 6) is 2.88. The van der Waals surface area contributed by atoms with Gasteiger partial charge in [0, 0.05) is 18.2 Å². The molecule has 0 aliphatic rings. The maximum Gasteiger partial charge on any atom is 0.127 e. The molecule has 1 aromatic rings. The lowest BCUT2D eigenvalue weighted by atomic mass is 10.1. The van der Waals surface area contributed by atoms with Crippen molar-refractivity contribution in [1.29, 1.82) is 0 Å². The van der Waals surface area contributed by atoms with Crippen molar-refractivity contribution in [2.45, 2.75) is 54.0 Å². The molecular formula is C19H33NO2. The largest absolute Gasteiger partial charge is 0.493 e. The Morgan fingerprint density at radius 2 is 1.68 bits per heavy atom. The predicted octanol–water partition coefficient (Wildman–Crippen LogP) is 4.65. The van der Waals surface area contributed by atoms with E-state index in [1.807, 2.05) is 12.1 Å². The minimum Gasteiger partial charge on any atom is -0.493 e. The lowest BCUT2D eigenvalue weighted by molar-refractivity contribution is 0.256. The standard InChI is InChI=1S/C19H33NO2/c1-6-7-10-20-12-17-8-9-18(21-13-15(2)3)11-19(17)22-14-16(4)5/h8-9,11,15-16,20H,6-7,10,12-14H2,1-5H3. The smallest absolute Gasteiger partial charge is 0.127 e. The molecule has 3 heteroatoms. The summed E-state index contributed by atoms with van der Waals surface area (Å²) >= 11 is 0. The molecule has 22 heavy (non-hydrogen) atoms. The third-order valence-corrected chi connectivity index (χ3v) is 3.22. The highest BCUT2D eigenvalue weighted by atomic mass is 16.5. The van der Waals surface area contributed by atoms with Gasteiger partial charge in [0.2, 0.25) is 0 Å². The van der Waals surface area contributed by atoms with Gasteiger partial charge in [0.25, 0.3) is 0 Å². The first-order valence-corrected chi connectivity index (χ1v) is 8.62. The van der Waals surface area contributed by atoms with E-state index in [4.69, 9.17) is 9.47 Å². The fourth-order valence-corrected chi connectivity index (χ4v) is 1.95. The van der Waals surface area contributed by atoms with Crippen molar-refractivity contribution in [3.63, 3.8) is 0 Å². The van der Waals surface area contributed by atoms with Gasteiger partial charge in [-0.3, -0.25) is 0 Å². The number of hydrogen-bond donors (Lipinski definition) is 1. The molecule has 0 heterocycles. The van der Waals surface area contributed by atoms with Crippen molar-refractivity contribution in [3.05, 3.63) is 23.8 Å². The first kappa shape index (κ1) is 18.8. The Bertz CT molecular complexity index is 416. The van der Waals surface area contributed by atoms with Gasteiger partial charge in [-0.15, -0.1) is 0 Å². The van der Waals surface area contributed by atoms with Gasteiger partial charge in [0.15, 0.2) is 0 Å². The van der Waals surface area contributed by atoms with Crippen molar-refractivity contribution in [1.82, 2.24) is 5.32 Å². The molecular weight excluding hydrogens is 274 g/mol. The minimum absolute atomic E-state index is 0.515.